The molecule has 5 rings (SSSR count). The molecule has 0 unspecified atom stereocenters. The predicted octanol–water partition coefficient (Wildman–Crippen LogP) is 4.93. The summed E-state index contributed by atoms with van der Waals surface area (Å²) in [7, 11) is 0. The largest absolute Gasteiger partial charge is 0.378 e. The van der Waals surface area contributed by atoms with Crippen LogP contribution in [0.4, 0.5) is 0 Å². The molecule has 2 fully saturated rings. The summed E-state index contributed by atoms with van der Waals surface area (Å²) in [5.74, 6) is 0.558. The normalized spacial score (nSPS) is 29.2. The summed E-state index contributed by atoms with van der Waals surface area (Å²) < 4.78 is 5.60. The lowest BCUT2D eigenvalue weighted by Gasteiger charge is -2.47. The molecule has 3 heteroatoms. The Morgan fingerprint density at radius 3 is 2.62 bits per heavy atom. The summed E-state index contributed by atoms with van der Waals surface area (Å²) in [6.07, 6.45) is 9.43. The molecule has 0 amide bonds. The molecule has 4 aliphatic rings. The van der Waals surface area contributed by atoms with Gasteiger partial charge in [0.2, 0.25) is 0 Å². The van der Waals surface area contributed by atoms with Crippen LogP contribution in [0.25, 0.3) is 5.57 Å². The van der Waals surface area contributed by atoms with Crippen molar-refractivity contribution in [3.05, 3.63) is 77.0 Å². The number of ether oxygens (including phenoxy) is 1. The Kier molecular flexibility index (Phi) is 4.59. The van der Waals surface area contributed by atoms with Gasteiger partial charge in [-0.15, -0.1) is 0 Å². The molecule has 1 aliphatic heterocycles. The highest BCUT2D eigenvalue weighted by Gasteiger charge is 2.54. The van der Waals surface area contributed by atoms with Crippen LogP contribution in [0.1, 0.15) is 38.2 Å². The van der Waals surface area contributed by atoms with Gasteiger partial charge >= 0.3 is 0 Å². The van der Waals surface area contributed by atoms with E-state index in [2.05, 4.69) is 35.8 Å². The number of carbonyl (C=O) groups excluding carboxylic acids is 1. The van der Waals surface area contributed by atoms with Crippen molar-refractivity contribution < 1.29 is 9.53 Å². The lowest BCUT2D eigenvalue weighted by atomic mass is 9.57. The lowest BCUT2D eigenvalue weighted by molar-refractivity contribution is -0.113. The highest BCUT2D eigenvalue weighted by Crippen LogP contribution is 2.63. The zero-order chi connectivity index (χ0) is 20.0. The Bertz CT molecular complexity index is 946. The molecule has 1 heterocycles. The average molecular weight is 388 g/mol. The van der Waals surface area contributed by atoms with Crippen molar-refractivity contribution in [3.8, 4) is 0 Å². The first-order valence-electron chi connectivity index (χ1n) is 10.9. The fourth-order valence-corrected chi connectivity index (χ4v) is 6.01. The second-order valence-corrected chi connectivity index (χ2v) is 8.73. The van der Waals surface area contributed by atoms with Gasteiger partial charge in [0.05, 0.1) is 13.2 Å². The van der Waals surface area contributed by atoms with Crippen LogP contribution in [0, 0.1) is 11.3 Å². The molecule has 1 aromatic rings. The summed E-state index contributed by atoms with van der Waals surface area (Å²) in [6.45, 7) is 9.79. The van der Waals surface area contributed by atoms with Crippen molar-refractivity contribution in [3.63, 3.8) is 0 Å². The molecule has 1 saturated heterocycles. The second-order valence-electron chi connectivity index (χ2n) is 8.73. The molecule has 150 valence electrons. The average Bonchev–Trinajstić information content (AvgIpc) is 3.10. The zero-order valence-corrected chi connectivity index (χ0v) is 17.2. The van der Waals surface area contributed by atoms with Gasteiger partial charge in [-0.05, 0) is 54.2 Å². The minimum Gasteiger partial charge on any atom is -0.378 e. The van der Waals surface area contributed by atoms with Gasteiger partial charge in [-0.1, -0.05) is 49.8 Å². The summed E-state index contributed by atoms with van der Waals surface area (Å²) in [6, 6.07) is 10.3. The van der Waals surface area contributed by atoms with Crippen molar-refractivity contribution in [1.29, 1.82) is 0 Å². The first kappa shape index (κ1) is 18.6. The third-order valence-electron chi connectivity index (χ3n) is 7.31. The fourth-order valence-electron chi connectivity index (χ4n) is 6.01. The summed E-state index contributed by atoms with van der Waals surface area (Å²) in [5.41, 5.74) is 6.71. The van der Waals surface area contributed by atoms with Gasteiger partial charge in [0, 0.05) is 35.7 Å². The number of allylic oxidation sites excluding steroid dienone is 7. The molecule has 1 aromatic carbocycles. The number of Topliss-reactive ketones (excluding diaryl/α,β-unsaturated/α-hetero) is 1. The Hall–Kier alpha value is -2.39. The van der Waals surface area contributed by atoms with Gasteiger partial charge in [0.15, 0.2) is 5.78 Å². The van der Waals surface area contributed by atoms with Crippen LogP contribution in [0.2, 0.25) is 0 Å². The predicted molar refractivity (Wildman–Crippen MR) is 116 cm³/mol. The number of carbonyl (C=O) groups is 1. The maximum atomic E-state index is 12.8. The topological polar surface area (TPSA) is 29.5 Å². The molecular weight excluding hydrogens is 358 g/mol. The van der Waals surface area contributed by atoms with E-state index >= 15 is 0 Å². The highest BCUT2D eigenvalue weighted by molar-refractivity contribution is 6.09. The number of hydrogen-bond donors (Lipinski definition) is 0. The van der Waals surface area contributed by atoms with Crippen molar-refractivity contribution in [2.75, 3.05) is 26.3 Å². The van der Waals surface area contributed by atoms with Gasteiger partial charge in [-0.25, -0.2) is 0 Å². The molecule has 0 bridgehead atoms. The summed E-state index contributed by atoms with van der Waals surface area (Å²) in [5, 5.41) is 0. The van der Waals surface area contributed by atoms with E-state index < -0.39 is 0 Å². The number of morpholine rings is 1. The van der Waals surface area contributed by atoms with Gasteiger partial charge in [-0.2, -0.15) is 0 Å². The molecule has 3 nitrogen and oxygen atoms in total. The molecule has 2 atom stereocenters. The van der Waals surface area contributed by atoms with Gasteiger partial charge in [0.1, 0.15) is 0 Å². The van der Waals surface area contributed by atoms with Crippen LogP contribution >= 0.6 is 0 Å². The summed E-state index contributed by atoms with van der Waals surface area (Å²) >= 11 is 0. The Labute approximate surface area is 173 Å². The molecule has 1 spiro atoms. The second kappa shape index (κ2) is 7.14. The number of nitrogens with zero attached hydrogens (tertiary/aromatic N) is 1. The maximum Gasteiger partial charge on any atom is 0.160 e. The van der Waals surface area contributed by atoms with Crippen molar-refractivity contribution in [1.82, 2.24) is 4.90 Å². The van der Waals surface area contributed by atoms with Crippen LogP contribution in [-0.2, 0) is 9.53 Å². The van der Waals surface area contributed by atoms with E-state index in [4.69, 9.17) is 4.74 Å². The van der Waals surface area contributed by atoms with E-state index in [0.717, 1.165) is 55.0 Å². The van der Waals surface area contributed by atoms with Crippen LogP contribution in [0.3, 0.4) is 0 Å². The third kappa shape index (κ3) is 2.78. The Balaban J connectivity index is 1.68. The van der Waals surface area contributed by atoms with Gasteiger partial charge in [0.25, 0.3) is 0 Å². The van der Waals surface area contributed by atoms with E-state index in [0.29, 0.717) is 5.92 Å². The Morgan fingerprint density at radius 2 is 1.90 bits per heavy atom. The molecular formula is C26H29NO2. The molecule has 0 aromatic heterocycles. The molecule has 1 saturated carbocycles. The first-order valence-corrected chi connectivity index (χ1v) is 10.9. The monoisotopic (exact) mass is 387 g/mol. The smallest absolute Gasteiger partial charge is 0.160 e. The molecule has 0 radical (unpaired) electrons. The van der Waals surface area contributed by atoms with E-state index in [9.17, 15) is 4.79 Å². The SMILES string of the molecule is C=C1C(C(C)=O)=C(c2ccccc2)C=C2C=C(N3CCOCC3)[C@H]3CCCC[C@@]123. The van der Waals surface area contributed by atoms with E-state index in [1.807, 2.05) is 18.2 Å². The standard InChI is InChI=1S/C26H29NO2/c1-18-25(19(2)28)22(20-8-4-3-5-9-20)16-21-17-24(27-12-14-29-15-13-27)23-10-6-7-11-26(18,21)23/h3-5,8-9,16-17,23H,1,6-7,10-15H2,2H3/t23-,26-/m1/s1. The maximum absolute atomic E-state index is 12.8. The van der Waals surface area contributed by atoms with Crippen LogP contribution in [-0.4, -0.2) is 37.0 Å². The minimum absolute atomic E-state index is 0.106. The third-order valence-corrected chi connectivity index (χ3v) is 7.31. The van der Waals surface area contributed by atoms with Crippen LogP contribution < -0.4 is 0 Å². The highest BCUT2D eigenvalue weighted by atomic mass is 16.5. The molecule has 3 aliphatic carbocycles. The lowest BCUT2D eigenvalue weighted by Crippen LogP contribution is -2.42. The van der Waals surface area contributed by atoms with E-state index in [-0.39, 0.29) is 11.2 Å². The van der Waals surface area contributed by atoms with Gasteiger partial charge in [-0.3, -0.25) is 4.79 Å². The minimum atomic E-state index is -0.106. The van der Waals surface area contributed by atoms with Crippen molar-refractivity contribution in [2.24, 2.45) is 11.3 Å². The van der Waals surface area contributed by atoms with Crippen molar-refractivity contribution in [2.45, 2.75) is 32.6 Å². The van der Waals surface area contributed by atoms with E-state index in [1.165, 1.54) is 30.5 Å². The molecule has 0 N–H and O–H groups in total. The number of hydrogen-bond acceptors (Lipinski definition) is 3. The van der Waals surface area contributed by atoms with Gasteiger partial charge < -0.3 is 9.64 Å². The van der Waals surface area contributed by atoms with Crippen molar-refractivity contribution >= 4 is 11.4 Å². The quantitative estimate of drug-likeness (QED) is 0.736. The van der Waals surface area contributed by atoms with E-state index in [1.54, 1.807) is 6.92 Å². The number of benzene rings is 1. The first-order chi connectivity index (χ1) is 14.1. The van der Waals surface area contributed by atoms with Crippen LogP contribution in [0.15, 0.2) is 71.5 Å². The Morgan fingerprint density at radius 1 is 1.14 bits per heavy atom. The zero-order valence-electron chi connectivity index (χ0n) is 17.2. The fraction of sp³-hybridized carbons (Fsp3) is 0.423. The summed E-state index contributed by atoms with van der Waals surface area (Å²) in [4.78, 5) is 15.4. The molecule has 29 heavy (non-hydrogen) atoms. The number of ketones is 1. The van der Waals surface area contributed by atoms with Crippen LogP contribution in [0.5, 0.6) is 0 Å². The number of rotatable bonds is 3.